The maximum absolute atomic E-state index is 10.3. The zero-order valence-electron chi connectivity index (χ0n) is 11.9. The fourth-order valence-corrected chi connectivity index (χ4v) is 2.29. The lowest BCUT2D eigenvalue weighted by molar-refractivity contribution is -0.264. The minimum Gasteiger partial charge on any atom is -0.394 e. The quantitative estimate of drug-likeness (QED) is 0.199. The Kier molecular flexibility index (Phi) is 7.41. The highest BCUT2D eigenvalue weighted by Crippen LogP contribution is 2.25. The van der Waals surface area contributed by atoms with Crippen molar-refractivity contribution < 1.29 is 55.5 Å². The molecule has 1 heterocycles. The van der Waals surface area contributed by atoms with Crippen LogP contribution in [0.15, 0.2) is 0 Å². The second-order valence-corrected chi connectivity index (χ2v) is 5.38. The first-order valence-corrected chi connectivity index (χ1v) is 6.83. The normalized spacial score (nSPS) is 38.4. The van der Waals surface area contributed by atoms with Gasteiger partial charge in [-0.15, -0.1) is 0 Å². The van der Waals surface area contributed by atoms with E-state index in [4.69, 9.17) is 14.9 Å². The van der Waals surface area contributed by atoms with E-state index >= 15 is 0 Å². The third-order valence-corrected chi connectivity index (χ3v) is 3.80. The molecule has 23 heavy (non-hydrogen) atoms. The first kappa shape index (κ1) is 20.3. The largest absolute Gasteiger partial charge is 0.394 e. The zero-order chi connectivity index (χ0) is 17.9. The summed E-state index contributed by atoms with van der Waals surface area (Å²) in [5.74, 6) is 0. The maximum Gasteiger partial charge on any atom is 0.151 e. The van der Waals surface area contributed by atoms with E-state index in [9.17, 15) is 40.5 Å². The predicted molar refractivity (Wildman–Crippen MR) is 69.9 cm³/mol. The summed E-state index contributed by atoms with van der Waals surface area (Å²) in [6.07, 6.45) is -19.1. The van der Waals surface area contributed by atoms with Crippen LogP contribution in [0.1, 0.15) is 0 Å². The number of aliphatic hydroxyl groups excluding tert-OH is 9. The van der Waals surface area contributed by atoms with Crippen LogP contribution in [0.25, 0.3) is 0 Å². The fraction of sp³-hybridized carbons (Fsp3) is 0.917. The summed E-state index contributed by atoms with van der Waals surface area (Å²) in [6, 6.07) is 0. The first-order chi connectivity index (χ1) is 10.7. The third kappa shape index (κ3) is 4.22. The standard InChI is InChI=1S/C12H22O11/c13-1-3(15)5(16)7(18)9(20)11(22)12-10(21)8(19)6(17)4(2-14)23-12/h1,3-12,14-22H,2H2/t3-,4+,5+,6-,7-,8-,9-,10+,11-,12?/m0/s1. The van der Waals surface area contributed by atoms with Crippen molar-refractivity contribution in [2.45, 2.75) is 61.0 Å². The van der Waals surface area contributed by atoms with Gasteiger partial charge in [0.15, 0.2) is 6.29 Å². The second kappa shape index (κ2) is 8.39. The minimum absolute atomic E-state index is 0.0964. The van der Waals surface area contributed by atoms with Gasteiger partial charge in [0, 0.05) is 0 Å². The molecule has 0 aromatic carbocycles. The minimum atomic E-state index is -2.18. The lowest BCUT2D eigenvalue weighted by Gasteiger charge is -2.43. The van der Waals surface area contributed by atoms with Gasteiger partial charge < -0.3 is 55.5 Å². The van der Waals surface area contributed by atoms with Crippen molar-refractivity contribution in [3.63, 3.8) is 0 Å². The summed E-state index contributed by atoms with van der Waals surface area (Å²) in [7, 11) is 0. The van der Waals surface area contributed by atoms with E-state index in [0.29, 0.717) is 0 Å². The number of aliphatic hydroxyl groups is 9. The molecule has 1 unspecified atom stereocenters. The second-order valence-electron chi connectivity index (χ2n) is 5.38. The lowest BCUT2D eigenvalue weighted by atomic mass is 9.88. The molecule has 9 N–H and O–H groups in total. The van der Waals surface area contributed by atoms with Gasteiger partial charge in [-0.25, -0.2) is 0 Å². The number of carbonyl (C=O) groups is 1. The van der Waals surface area contributed by atoms with Crippen molar-refractivity contribution in [2.24, 2.45) is 0 Å². The van der Waals surface area contributed by atoms with Gasteiger partial charge in [-0.1, -0.05) is 0 Å². The molecule has 1 aliphatic heterocycles. The van der Waals surface area contributed by atoms with Gasteiger partial charge in [0.2, 0.25) is 0 Å². The zero-order valence-corrected chi connectivity index (χ0v) is 11.9. The molecule has 1 rings (SSSR count). The van der Waals surface area contributed by atoms with Gasteiger partial charge in [0.05, 0.1) is 6.61 Å². The van der Waals surface area contributed by atoms with Crippen LogP contribution in [0.4, 0.5) is 0 Å². The molecule has 1 aliphatic rings. The Bertz CT molecular complexity index is 378. The Morgan fingerprint density at radius 2 is 1.43 bits per heavy atom. The van der Waals surface area contributed by atoms with Crippen molar-refractivity contribution in [3.05, 3.63) is 0 Å². The number of aldehydes is 1. The molecule has 0 aromatic heterocycles. The number of carbonyl (C=O) groups excluding carboxylic acids is 1. The van der Waals surface area contributed by atoms with Crippen LogP contribution >= 0.6 is 0 Å². The van der Waals surface area contributed by atoms with Gasteiger partial charge in [0.25, 0.3) is 0 Å². The molecule has 1 fully saturated rings. The molecule has 0 radical (unpaired) electrons. The van der Waals surface area contributed by atoms with Crippen molar-refractivity contribution in [2.75, 3.05) is 6.61 Å². The van der Waals surface area contributed by atoms with Gasteiger partial charge in [-0.3, -0.25) is 0 Å². The molecule has 11 nitrogen and oxygen atoms in total. The van der Waals surface area contributed by atoms with Crippen LogP contribution in [0.5, 0.6) is 0 Å². The molecule has 1 saturated heterocycles. The van der Waals surface area contributed by atoms with Gasteiger partial charge in [0.1, 0.15) is 61.0 Å². The monoisotopic (exact) mass is 342 g/mol. The van der Waals surface area contributed by atoms with E-state index in [1.165, 1.54) is 0 Å². The number of ether oxygens (including phenoxy) is 1. The average molecular weight is 342 g/mol. The summed E-state index contributed by atoms with van der Waals surface area (Å²) < 4.78 is 4.99. The van der Waals surface area contributed by atoms with Crippen LogP contribution in [0.3, 0.4) is 0 Å². The number of rotatable bonds is 7. The Labute approximate surface area is 130 Å². The molecule has 10 atom stereocenters. The fourth-order valence-electron chi connectivity index (χ4n) is 2.29. The van der Waals surface area contributed by atoms with E-state index in [1.54, 1.807) is 0 Å². The molecule has 0 amide bonds. The van der Waals surface area contributed by atoms with Crippen molar-refractivity contribution in [1.82, 2.24) is 0 Å². The third-order valence-electron chi connectivity index (χ3n) is 3.80. The Balaban J connectivity index is 2.85. The number of hydrogen-bond acceptors (Lipinski definition) is 11. The van der Waals surface area contributed by atoms with Crippen molar-refractivity contribution in [3.8, 4) is 0 Å². The van der Waals surface area contributed by atoms with Gasteiger partial charge in [-0.2, -0.15) is 0 Å². The molecular weight excluding hydrogens is 320 g/mol. The van der Waals surface area contributed by atoms with Crippen LogP contribution in [-0.4, -0.2) is 120 Å². The smallest absolute Gasteiger partial charge is 0.151 e. The van der Waals surface area contributed by atoms with E-state index in [-0.39, 0.29) is 6.29 Å². The van der Waals surface area contributed by atoms with Crippen LogP contribution < -0.4 is 0 Å². The van der Waals surface area contributed by atoms with E-state index < -0.39 is 67.6 Å². The predicted octanol–water partition coefficient (Wildman–Crippen LogP) is -6.17. The highest BCUT2D eigenvalue weighted by molar-refractivity contribution is 5.56. The van der Waals surface area contributed by atoms with Crippen LogP contribution in [0.2, 0.25) is 0 Å². The topological polar surface area (TPSA) is 208 Å². The van der Waals surface area contributed by atoms with E-state index in [2.05, 4.69) is 0 Å². The highest BCUT2D eigenvalue weighted by atomic mass is 16.6. The molecule has 0 aromatic rings. The molecular formula is C12H22O11. The van der Waals surface area contributed by atoms with Gasteiger partial charge >= 0.3 is 0 Å². The summed E-state index contributed by atoms with van der Waals surface area (Å²) in [5, 5.41) is 85.9. The lowest BCUT2D eigenvalue weighted by Crippen LogP contribution is -2.64. The Morgan fingerprint density at radius 1 is 0.870 bits per heavy atom. The van der Waals surface area contributed by atoms with Gasteiger partial charge in [-0.05, 0) is 0 Å². The maximum atomic E-state index is 10.3. The van der Waals surface area contributed by atoms with E-state index in [0.717, 1.165) is 0 Å². The Morgan fingerprint density at radius 3 is 1.91 bits per heavy atom. The molecule has 0 spiro atoms. The number of hydrogen-bond donors (Lipinski definition) is 9. The Hall–Kier alpha value is -0.730. The average Bonchev–Trinajstić information content (AvgIpc) is 2.56. The molecule has 136 valence electrons. The first-order valence-electron chi connectivity index (χ1n) is 6.83. The van der Waals surface area contributed by atoms with Crippen LogP contribution in [-0.2, 0) is 9.53 Å². The molecule has 11 heteroatoms. The molecule has 0 bridgehead atoms. The SMILES string of the molecule is O=C[C@H](O)[C@@H](O)[C@H](O)[C@H](O)[C@H](O)C1O[C@H](CO)[C@H](O)[C@H](O)[C@H]1O. The summed E-state index contributed by atoms with van der Waals surface area (Å²) in [4.78, 5) is 10.3. The summed E-state index contributed by atoms with van der Waals surface area (Å²) in [6.45, 7) is -0.765. The molecule has 0 aliphatic carbocycles. The van der Waals surface area contributed by atoms with Crippen molar-refractivity contribution in [1.29, 1.82) is 0 Å². The van der Waals surface area contributed by atoms with E-state index in [1.807, 2.05) is 0 Å². The van der Waals surface area contributed by atoms with Crippen molar-refractivity contribution >= 4 is 6.29 Å². The van der Waals surface area contributed by atoms with Crippen LogP contribution in [0, 0.1) is 0 Å². The highest BCUT2D eigenvalue weighted by Gasteiger charge is 2.49. The molecule has 0 saturated carbocycles. The summed E-state index contributed by atoms with van der Waals surface area (Å²) in [5.41, 5.74) is 0. The summed E-state index contributed by atoms with van der Waals surface area (Å²) >= 11 is 0.